The molecule has 0 N–H and O–H groups in total. The lowest BCUT2D eigenvalue weighted by atomic mass is 9.62. The van der Waals surface area contributed by atoms with Gasteiger partial charge in [-0.15, -0.1) is 0 Å². The highest BCUT2D eigenvalue weighted by molar-refractivity contribution is 7.85. The Morgan fingerprint density at radius 1 is 0.569 bits per heavy atom. The lowest BCUT2D eigenvalue weighted by Gasteiger charge is -2.47. The molecule has 0 bridgehead atoms. The summed E-state index contributed by atoms with van der Waals surface area (Å²) >= 11 is 0. The number of para-hydroxylation sites is 2. The van der Waals surface area contributed by atoms with E-state index < -0.39 is 12.6 Å². The highest BCUT2D eigenvalue weighted by Crippen LogP contribution is 2.60. The van der Waals surface area contributed by atoms with Gasteiger partial charge < -0.3 is 9.13 Å². The van der Waals surface area contributed by atoms with Crippen LogP contribution < -0.4 is 26.5 Å². The van der Waals surface area contributed by atoms with E-state index >= 15 is 4.57 Å². The first kappa shape index (κ1) is 36.4. The summed E-state index contributed by atoms with van der Waals surface area (Å²) in [6.07, 6.45) is 13.6. The maximum absolute atomic E-state index is 16.4. The number of hydrogen-bond acceptors (Lipinski definition) is 1. The fourth-order valence-corrected chi connectivity index (χ4v) is 13.7. The van der Waals surface area contributed by atoms with Gasteiger partial charge in [0.2, 0.25) is 0 Å². The molecule has 8 aromatic rings. The largest absolute Gasteiger partial charge is 0.309 e. The fourth-order valence-electron chi connectivity index (χ4n) is 10.5. The molecule has 0 amide bonds. The number of aryl methyl sites for hydroxylation is 1. The normalized spacial score (nSPS) is 18.8. The maximum atomic E-state index is 16.4. The van der Waals surface area contributed by atoms with Crippen molar-refractivity contribution < 1.29 is 4.57 Å². The maximum Gasteiger partial charge on any atom is 0.171 e. The lowest BCUT2D eigenvalue weighted by Crippen LogP contribution is -2.48. The fraction of sp³-hybridized carbons (Fsp3) is 0.164. The van der Waals surface area contributed by atoms with Crippen LogP contribution in [0.5, 0.6) is 0 Å². The van der Waals surface area contributed by atoms with Gasteiger partial charge in [-0.2, -0.15) is 0 Å². The van der Waals surface area contributed by atoms with Gasteiger partial charge in [-0.25, -0.2) is 0 Å². The van der Waals surface area contributed by atoms with Crippen LogP contribution in [0.3, 0.4) is 0 Å². The van der Waals surface area contributed by atoms with Gasteiger partial charge in [0.15, 0.2) is 7.14 Å². The summed E-state index contributed by atoms with van der Waals surface area (Å²) in [6, 6.07) is 53.1. The highest BCUT2D eigenvalue weighted by Gasteiger charge is 2.54. The van der Waals surface area contributed by atoms with Crippen LogP contribution in [0.2, 0.25) is 0 Å². The predicted octanol–water partition coefficient (Wildman–Crippen LogP) is 11.5. The van der Waals surface area contributed by atoms with E-state index in [-0.39, 0.29) is 0 Å². The van der Waals surface area contributed by atoms with Crippen molar-refractivity contribution in [3.05, 3.63) is 196 Å². The van der Waals surface area contributed by atoms with Crippen molar-refractivity contribution in [3.63, 3.8) is 0 Å². The topological polar surface area (TPSA) is 22.0 Å². The molecule has 0 saturated carbocycles. The van der Waals surface area contributed by atoms with Gasteiger partial charge in [0.05, 0.1) is 16.6 Å². The summed E-state index contributed by atoms with van der Waals surface area (Å²) < 4.78 is 18.9. The minimum atomic E-state index is -3.31. The molecule has 1 spiro atoms. The average molecular weight is 770 g/mol. The zero-order chi connectivity index (χ0) is 39.6. The molecule has 2 unspecified atom stereocenters. The number of fused-ring (bicyclic) bond motifs is 14. The van der Waals surface area contributed by atoms with Crippen LogP contribution in [-0.4, -0.2) is 4.57 Å². The Kier molecular flexibility index (Phi) is 8.88. The van der Waals surface area contributed by atoms with Crippen molar-refractivity contribution in [2.75, 3.05) is 0 Å². The molecular formula is C55H48NOP. The first-order valence-electron chi connectivity index (χ1n) is 21.2. The number of hydrogen-bond donors (Lipinski definition) is 0. The molecule has 284 valence electrons. The van der Waals surface area contributed by atoms with Crippen LogP contribution in [0.1, 0.15) is 80.3 Å². The monoisotopic (exact) mass is 769 g/mol. The van der Waals surface area contributed by atoms with Gasteiger partial charge in [0.25, 0.3) is 0 Å². The lowest BCUT2D eigenvalue weighted by molar-refractivity contribution is 0.590. The van der Waals surface area contributed by atoms with Gasteiger partial charge in [-0.1, -0.05) is 173 Å². The highest BCUT2D eigenvalue weighted by atomic mass is 31.2. The summed E-state index contributed by atoms with van der Waals surface area (Å²) in [6.45, 7) is 8.00. The molecule has 4 aliphatic rings. The van der Waals surface area contributed by atoms with E-state index in [0.717, 1.165) is 58.3 Å². The van der Waals surface area contributed by atoms with Crippen LogP contribution in [0.25, 0.3) is 56.7 Å². The second-order valence-corrected chi connectivity index (χ2v) is 18.0. The van der Waals surface area contributed by atoms with E-state index in [1.807, 2.05) is 45.9 Å². The van der Waals surface area contributed by atoms with Crippen molar-refractivity contribution in [1.29, 1.82) is 0 Å². The second kappa shape index (κ2) is 14.2. The van der Waals surface area contributed by atoms with Gasteiger partial charge in [-0.05, 0) is 105 Å². The first-order valence-corrected chi connectivity index (χ1v) is 23.0. The van der Waals surface area contributed by atoms with Crippen LogP contribution >= 0.6 is 7.14 Å². The van der Waals surface area contributed by atoms with Crippen LogP contribution in [0.4, 0.5) is 0 Å². The Balaban J connectivity index is 0.000000992. The summed E-state index contributed by atoms with van der Waals surface area (Å²) in [4.78, 5) is 0. The Morgan fingerprint density at radius 3 is 2.14 bits per heavy atom. The Labute approximate surface area is 341 Å². The second-order valence-electron chi connectivity index (χ2n) is 15.3. The zero-order valence-electron chi connectivity index (χ0n) is 33.8. The molecule has 7 aromatic carbocycles. The minimum absolute atomic E-state index is 0.708. The van der Waals surface area contributed by atoms with Crippen molar-refractivity contribution in [2.45, 2.75) is 58.8 Å². The summed E-state index contributed by atoms with van der Waals surface area (Å²) in [7, 11) is -3.31. The van der Waals surface area contributed by atoms with Crippen molar-refractivity contribution in [3.8, 4) is 16.8 Å². The standard InChI is InChI=1S/C51H36NOP.2C2H6/c53-54(37-14-2-1-3-15-37)48-24-11-8-20-43(48)51(42-19-7-10-23-47(42)52-46-22-9-6-17-40(46)41-18-12-21-44(51)50(41)52)45-32-35(28-30-49(45)54)34-27-29-39-36(31-34)26-25-33-13-4-5-16-38(33)39;2*1-2/h1-4,7-8,10-15,17-32H,5-6,9,16H2;2*1-2H3. The molecule has 58 heavy (non-hydrogen) atoms. The number of allylic oxidation sites excluding steroid dienone is 1. The molecule has 0 saturated heterocycles. The van der Waals surface area contributed by atoms with Gasteiger partial charge >= 0.3 is 0 Å². The van der Waals surface area contributed by atoms with E-state index in [9.17, 15) is 0 Å². The van der Waals surface area contributed by atoms with E-state index in [4.69, 9.17) is 0 Å². The zero-order valence-corrected chi connectivity index (χ0v) is 34.7. The number of nitrogens with zero attached hydrogens (tertiary/aromatic N) is 1. The summed E-state index contributed by atoms with van der Waals surface area (Å²) in [5.41, 5.74) is 11.5. The average Bonchev–Trinajstić information content (AvgIpc) is 3.65. The number of aromatic nitrogens is 1. The van der Waals surface area contributed by atoms with Crippen molar-refractivity contribution >= 4 is 63.0 Å². The van der Waals surface area contributed by atoms with E-state index in [1.165, 1.54) is 65.7 Å². The van der Waals surface area contributed by atoms with Crippen LogP contribution in [0, 0.1) is 0 Å². The Morgan fingerprint density at radius 2 is 1.28 bits per heavy atom. The molecule has 2 nitrogen and oxygen atoms in total. The third-order valence-electron chi connectivity index (χ3n) is 12.7. The molecular weight excluding hydrogens is 722 g/mol. The van der Waals surface area contributed by atoms with E-state index in [2.05, 4.69) is 156 Å². The molecule has 3 heteroatoms. The molecule has 12 rings (SSSR count). The molecule has 2 atom stereocenters. The van der Waals surface area contributed by atoms with Gasteiger partial charge in [-0.3, -0.25) is 0 Å². The SMILES string of the molecule is CC.CC.O=P1(c2ccccc2)c2ccccc2C2(c3ccccc3-n3c4c(c5cccc2c53)=CCCC=4)c2cc(-c3ccc4c5c(ccc4c3)C=CCC5)ccc21. The Bertz CT molecular complexity index is 3150. The van der Waals surface area contributed by atoms with Crippen molar-refractivity contribution in [2.24, 2.45) is 0 Å². The molecule has 0 radical (unpaired) electrons. The van der Waals surface area contributed by atoms with Gasteiger partial charge in [0, 0.05) is 31.9 Å². The van der Waals surface area contributed by atoms with Crippen molar-refractivity contribution in [1.82, 2.24) is 4.57 Å². The third-order valence-corrected chi connectivity index (χ3v) is 15.9. The van der Waals surface area contributed by atoms with Crippen LogP contribution in [0.15, 0.2) is 152 Å². The summed E-state index contributed by atoms with van der Waals surface area (Å²) in [5.74, 6) is 0. The minimum Gasteiger partial charge on any atom is -0.309 e. The number of benzene rings is 7. The third kappa shape index (κ3) is 4.88. The molecule has 1 aromatic heterocycles. The molecule has 2 aliphatic carbocycles. The van der Waals surface area contributed by atoms with Gasteiger partial charge in [0.1, 0.15) is 0 Å². The smallest absolute Gasteiger partial charge is 0.171 e. The molecule has 0 fully saturated rings. The summed E-state index contributed by atoms with van der Waals surface area (Å²) in [5, 5.41) is 9.22. The number of rotatable bonds is 2. The molecule has 3 heterocycles. The predicted molar refractivity (Wildman–Crippen MR) is 249 cm³/mol. The quantitative estimate of drug-likeness (QED) is 0.161. The van der Waals surface area contributed by atoms with E-state index in [1.54, 1.807) is 0 Å². The molecule has 2 aliphatic heterocycles. The van der Waals surface area contributed by atoms with Crippen LogP contribution in [-0.2, 0) is 16.4 Å². The first-order chi connectivity index (χ1) is 28.7. The van der Waals surface area contributed by atoms with E-state index in [0.29, 0.717) is 0 Å². The Hall–Kier alpha value is -5.95.